The fraction of sp³-hybridized carbons (Fsp3) is 0.167. The number of fused-ring (bicyclic) bond motifs is 4. The Morgan fingerprint density at radius 3 is 2.33 bits per heavy atom. The Balaban J connectivity index is 1.93. The number of anilines is 1. The summed E-state index contributed by atoms with van der Waals surface area (Å²) in [6, 6.07) is 7.49. The lowest BCUT2D eigenvalue weighted by molar-refractivity contribution is -0.137. The van der Waals surface area contributed by atoms with Gasteiger partial charge in [0.15, 0.2) is 0 Å². The van der Waals surface area contributed by atoms with Crippen molar-refractivity contribution in [2.45, 2.75) is 23.9 Å². The molecule has 0 atom stereocenters. The van der Waals surface area contributed by atoms with Gasteiger partial charge < -0.3 is 5.32 Å². The summed E-state index contributed by atoms with van der Waals surface area (Å²) in [7, 11) is -3.94. The average molecular weight is 394 g/mol. The van der Waals surface area contributed by atoms with E-state index in [0.29, 0.717) is 34.4 Å². The van der Waals surface area contributed by atoms with E-state index < -0.39 is 21.8 Å². The molecular weight excluding hydrogens is 381 g/mol. The van der Waals surface area contributed by atoms with Crippen molar-refractivity contribution in [3.05, 3.63) is 58.7 Å². The summed E-state index contributed by atoms with van der Waals surface area (Å²) in [5.74, 6) is -0.380. The Hall–Kier alpha value is -2.65. The summed E-state index contributed by atoms with van der Waals surface area (Å²) in [6.07, 6.45) is -4.27. The molecule has 0 spiro atoms. The van der Waals surface area contributed by atoms with Gasteiger partial charge in [0.1, 0.15) is 0 Å². The number of rotatable bonds is 1. The van der Waals surface area contributed by atoms with Crippen LogP contribution in [0.15, 0.2) is 41.3 Å². The van der Waals surface area contributed by atoms with Gasteiger partial charge in [-0.3, -0.25) is 4.79 Å². The average Bonchev–Trinajstić information content (AvgIpc) is 2.84. The van der Waals surface area contributed by atoms with Crippen LogP contribution in [-0.4, -0.2) is 14.3 Å². The predicted molar refractivity (Wildman–Crippen MR) is 93.0 cm³/mol. The Morgan fingerprint density at radius 1 is 0.963 bits per heavy atom. The molecule has 0 saturated heterocycles. The lowest BCUT2D eigenvalue weighted by Gasteiger charge is -2.13. The second-order valence-corrected chi connectivity index (χ2v) is 8.04. The molecule has 2 aromatic rings. The third-order valence-corrected chi connectivity index (χ3v) is 5.66. The molecule has 1 heterocycles. The van der Waals surface area contributed by atoms with Gasteiger partial charge in [0.25, 0.3) is 0 Å². The van der Waals surface area contributed by atoms with Crippen LogP contribution in [0.1, 0.15) is 28.7 Å². The topological polar surface area (TPSA) is 89.3 Å². The molecule has 1 amide bonds. The fourth-order valence-corrected chi connectivity index (χ4v) is 4.06. The lowest BCUT2D eigenvalue weighted by atomic mass is 9.96. The smallest absolute Gasteiger partial charge is 0.325 e. The minimum atomic E-state index is -4.52. The summed E-state index contributed by atoms with van der Waals surface area (Å²) < 4.78 is 62.7. The molecule has 4 rings (SSSR count). The van der Waals surface area contributed by atoms with E-state index >= 15 is 0 Å². The first-order valence-corrected chi connectivity index (χ1v) is 9.48. The number of benzene rings is 2. The van der Waals surface area contributed by atoms with Crippen LogP contribution < -0.4 is 10.5 Å². The summed E-state index contributed by atoms with van der Waals surface area (Å²) in [4.78, 5) is 12.1. The number of carbonyl (C=O) groups excluding carboxylic acids is 1. The van der Waals surface area contributed by atoms with E-state index in [1.165, 1.54) is 18.2 Å². The molecule has 140 valence electrons. The van der Waals surface area contributed by atoms with Gasteiger partial charge in [-0.05, 0) is 59.0 Å². The maximum atomic E-state index is 13.1. The van der Waals surface area contributed by atoms with Crippen molar-refractivity contribution < 1.29 is 26.4 Å². The normalized spacial score (nSPS) is 16.4. The zero-order valence-corrected chi connectivity index (χ0v) is 14.5. The minimum absolute atomic E-state index is 0.0631. The van der Waals surface area contributed by atoms with Crippen molar-refractivity contribution >= 4 is 32.8 Å². The summed E-state index contributed by atoms with van der Waals surface area (Å²) >= 11 is 0. The first kappa shape index (κ1) is 17.7. The highest BCUT2D eigenvalue weighted by atomic mass is 32.2. The monoisotopic (exact) mass is 394 g/mol. The predicted octanol–water partition coefficient (Wildman–Crippen LogP) is 3.16. The molecular formula is C18H13F3N2O3S. The molecule has 1 aliphatic heterocycles. The van der Waals surface area contributed by atoms with Crippen LogP contribution in [0, 0.1) is 0 Å². The SMILES string of the molecule is NS(=O)(=O)c1ccc2c(c1)C1=C(C2)c2cc(C(F)(F)F)ccc2NC(=O)C1. The Bertz CT molecular complexity index is 1140. The van der Waals surface area contributed by atoms with Crippen molar-refractivity contribution in [3.8, 4) is 0 Å². The third-order valence-electron chi connectivity index (χ3n) is 4.75. The van der Waals surface area contributed by atoms with Gasteiger partial charge in [0, 0.05) is 11.3 Å². The fourth-order valence-electron chi connectivity index (χ4n) is 3.52. The highest BCUT2D eigenvalue weighted by Crippen LogP contribution is 2.46. The Labute approximate surface area is 152 Å². The Kier molecular flexibility index (Phi) is 3.73. The van der Waals surface area contributed by atoms with Crippen molar-refractivity contribution in [1.82, 2.24) is 0 Å². The van der Waals surface area contributed by atoms with E-state index in [0.717, 1.165) is 17.7 Å². The number of hydrogen-bond acceptors (Lipinski definition) is 3. The molecule has 1 aliphatic carbocycles. The van der Waals surface area contributed by atoms with E-state index in [-0.39, 0.29) is 17.2 Å². The van der Waals surface area contributed by atoms with Crippen LogP contribution in [0.4, 0.5) is 18.9 Å². The lowest BCUT2D eigenvalue weighted by Crippen LogP contribution is -2.13. The number of carbonyl (C=O) groups is 1. The number of hydrogen-bond donors (Lipinski definition) is 2. The molecule has 0 fully saturated rings. The van der Waals surface area contributed by atoms with Crippen LogP contribution in [0.3, 0.4) is 0 Å². The van der Waals surface area contributed by atoms with E-state index in [1.54, 1.807) is 6.07 Å². The van der Waals surface area contributed by atoms with Crippen LogP contribution in [0.25, 0.3) is 11.1 Å². The Morgan fingerprint density at radius 2 is 1.67 bits per heavy atom. The largest absolute Gasteiger partial charge is 0.416 e. The van der Waals surface area contributed by atoms with Crippen molar-refractivity contribution in [2.24, 2.45) is 5.14 Å². The number of nitrogens with two attached hydrogens (primary N) is 1. The number of nitrogens with one attached hydrogen (secondary N) is 1. The first-order chi connectivity index (χ1) is 12.5. The number of halogens is 3. The molecule has 9 heteroatoms. The molecule has 0 saturated carbocycles. The summed E-state index contributed by atoms with van der Waals surface area (Å²) in [5.41, 5.74) is 2.14. The van der Waals surface area contributed by atoms with Gasteiger partial charge in [-0.25, -0.2) is 13.6 Å². The number of primary sulfonamides is 1. The van der Waals surface area contributed by atoms with Gasteiger partial charge in [-0.15, -0.1) is 0 Å². The van der Waals surface area contributed by atoms with Gasteiger partial charge in [-0.1, -0.05) is 6.07 Å². The molecule has 3 N–H and O–H groups in total. The number of sulfonamides is 1. The standard InChI is InChI=1S/C18H13F3N2O3S/c19-18(20,21)10-2-4-16-15(6-10)13-5-9-1-3-11(27(22,25)26)7-12(9)14(13)8-17(24)23-16/h1-4,6-7H,5,8H2,(H,23,24)(H2,22,25,26). The molecule has 0 bridgehead atoms. The number of amides is 1. The molecule has 0 aromatic heterocycles. The van der Waals surface area contributed by atoms with Crippen LogP contribution in [0.2, 0.25) is 0 Å². The molecule has 0 unspecified atom stereocenters. The second kappa shape index (κ2) is 5.67. The van der Waals surface area contributed by atoms with E-state index in [9.17, 15) is 26.4 Å². The zero-order valence-electron chi connectivity index (χ0n) is 13.7. The van der Waals surface area contributed by atoms with Crippen molar-refractivity contribution in [3.63, 3.8) is 0 Å². The third kappa shape index (κ3) is 3.02. The van der Waals surface area contributed by atoms with Crippen molar-refractivity contribution in [1.29, 1.82) is 0 Å². The maximum absolute atomic E-state index is 13.1. The molecule has 27 heavy (non-hydrogen) atoms. The highest BCUT2D eigenvalue weighted by molar-refractivity contribution is 7.89. The van der Waals surface area contributed by atoms with Crippen LogP contribution in [0.5, 0.6) is 0 Å². The summed E-state index contributed by atoms with van der Waals surface area (Å²) in [5, 5.41) is 7.79. The first-order valence-electron chi connectivity index (χ1n) is 7.93. The van der Waals surface area contributed by atoms with E-state index in [4.69, 9.17) is 5.14 Å². The quantitative estimate of drug-likeness (QED) is 0.779. The second-order valence-electron chi connectivity index (χ2n) is 6.48. The molecule has 2 aromatic carbocycles. The van der Waals surface area contributed by atoms with Crippen LogP contribution >= 0.6 is 0 Å². The zero-order chi connectivity index (χ0) is 19.6. The van der Waals surface area contributed by atoms with Gasteiger partial charge >= 0.3 is 6.18 Å². The molecule has 2 aliphatic rings. The molecule has 0 radical (unpaired) electrons. The van der Waals surface area contributed by atoms with E-state index in [1.807, 2.05) is 0 Å². The number of allylic oxidation sites excluding steroid dienone is 1. The minimum Gasteiger partial charge on any atom is -0.325 e. The van der Waals surface area contributed by atoms with E-state index in [2.05, 4.69) is 5.32 Å². The summed E-state index contributed by atoms with van der Waals surface area (Å²) in [6.45, 7) is 0. The number of alkyl halides is 3. The van der Waals surface area contributed by atoms with Gasteiger partial charge in [0.2, 0.25) is 15.9 Å². The maximum Gasteiger partial charge on any atom is 0.416 e. The van der Waals surface area contributed by atoms with Gasteiger partial charge in [0.05, 0.1) is 16.9 Å². The molecule has 5 nitrogen and oxygen atoms in total. The highest BCUT2D eigenvalue weighted by Gasteiger charge is 2.34. The van der Waals surface area contributed by atoms with Crippen LogP contribution in [-0.2, 0) is 27.4 Å². The van der Waals surface area contributed by atoms with Gasteiger partial charge in [-0.2, -0.15) is 13.2 Å². The van der Waals surface area contributed by atoms with Crippen molar-refractivity contribution in [2.75, 3.05) is 5.32 Å².